The van der Waals surface area contributed by atoms with Crippen molar-refractivity contribution in [3.8, 4) is 0 Å². The molecule has 0 spiro atoms. The van der Waals surface area contributed by atoms with Gasteiger partial charge in [0.25, 0.3) is 0 Å². The lowest BCUT2D eigenvalue weighted by atomic mass is 9.94. The van der Waals surface area contributed by atoms with Crippen molar-refractivity contribution in [3.63, 3.8) is 0 Å². The van der Waals surface area contributed by atoms with Gasteiger partial charge in [-0.05, 0) is 60.2 Å². The maximum absolute atomic E-state index is 13.8. The smallest absolute Gasteiger partial charge is 0.247 e. The van der Waals surface area contributed by atoms with Crippen molar-refractivity contribution in [1.29, 1.82) is 0 Å². The van der Waals surface area contributed by atoms with Crippen LogP contribution in [0.3, 0.4) is 0 Å². The zero-order valence-electron chi connectivity index (χ0n) is 21.1. The maximum Gasteiger partial charge on any atom is 0.247 e. The number of amides is 2. The van der Waals surface area contributed by atoms with Gasteiger partial charge >= 0.3 is 0 Å². The zero-order chi connectivity index (χ0) is 25.8. The Balaban J connectivity index is 1.88. The fraction of sp³-hybridized carbons (Fsp3) is 0.379. The Hall–Kier alpha value is -3.16. The first-order valence-corrected chi connectivity index (χ1v) is 13.5. The van der Waals surface area contributed by atoms with Crippen molar-refractivity contribution < 1.29 is 9.59 Å². The Morgan fingerprint density at radius 2 is 1.94 bits per heavy atom. The summed E-state index contributed by atoms with van der Waals surface area (Å²) in [6.45, 7) is 6.65. The number of carbonyl (C=O) groups excluding carboxylic acids is 2. The quantitative estimate of drug-likeness (QED) is 0.363. The molecule has 1 heterocycles. The van der Waals surface area contributed by atoms with Crippen LogP contribution >= 0.6 is 11.3 Å². The van der Waals surface area contributed by atoms with Gasteiger partial charge in [0.1, 0.15) is 6.04 Å². The number of nitrogens with two attached hydrogens (primary N) is 1. The molecule has 1 aliphatic rings. The van der Waals surface area contributed by atoms with E-state index in [1.54, 1.807) is 28.4 Å². The molecule has 1 atom stereocenters. The molecule has 1 aromatic carbocycles. The lowest BCUT2D eigenvalue weighted by Crippen LogP contribution is -2.48. The minimum atomic E-state index is -0.711. The number of aryl methyl sites for hydroxylation is 1. The molecule has 0 radical (unpaired) electrons. The predicted molar refractivity (Wildman–Crippen MR) is 148 cm³/mol. The topological polar surface area (TPSA) is 87.5 Å². The van der Waals surface area contributed by atoms with Crippen LogP contribution < -0.4 is 16.4 Å². The van der Waals surface area contributed by atoms with Crippen molar-refractivity contribution in [2.45, 2.75) is 57.7 Å². The van der Waals surface area contributed by atoms with Gasteiger partial charge in [-0.3, -0.25) is 9.59 Å². The number of allylic oxidation sites excluding steroid dienone is 2. The van der Waals surface area contributed by atoms with E-state index in [2.05, 4.69) is 17.2 Å². The van der Waals surface area contributed by atoms with Crippen molar-refractivity contribution in [2.24, 2.45) is 5.73 Å². The van der Waals surface area contributed by atoms with E-state index < -0.39 is 6.04 Å². The van der Waals surface area contributed by atoms with Gasteiger partial charge in [-0.1, -0.05) is 68.3 Å². The number of nitrogens with one attached hydrogen (secondary N) is 2. The normalized spacial score (nSPS) is 15.5. The maximum atomic E-state index is 13.8. The van der Waals surface area contributed by atoms with Gasteiger partial charge in [0.05, 0.1) is 13.1 Å². The molecular formula is C29H38N4O2S. The lowest BCUT2D eigenvalue weighted by molar-refractivity contribution is -0.141. The highest BCUT2D eigenvalue weighted by Gasteiger charge is 2.33. The first kappa shape index (κ1) is 27.4. The molecule has 1 saturated carbocycles. The SMILES string of the molecule is C=C/C=C(\C=C/N)CNCC(=O)N(Cc1cccs1)C(C(=O)NC1CCCCC1)c1ccccc1C. The molecule has 6 nitrogen and oxygen atoms in total. The van der Waals surface area contributed by atoms with Gasteiger partial charge in [-0.2, -0.15) is 0 Å². The molecule has 1 unspecified atom stereocenters. The van der Waals surface area contributed by atoms with E-state index in [1.807, 2.05) is 54.8 Å². The third-order valence-corrected chi connectivity index (χ3v) is 7.33. The summed E-state index contributed by atoms with van der Waals surface area (Å²) in [6.07, 6.45) is 12.2. The summed E-state index contributed by atoms with van der Waals surface area (Å²) >= 11 is 1.59. The Bertz CT molecular complexity index is 1050. The Kier molecular flexibility index (Phi) is 11.0. The number of hydrogen-bond acceptors (Lipinski definition) is 5. The molecule has 7 heteroatoms. The second-order valence-electron chi connectivity index (χ2n) is 9.14. The average Bonchev–Trinajstić information content (AvgIpc) is 3.39. The summed E-state index contributed by atoms with van der Waals surface area (Å²) < 4.78 is 0. The molecular weight excluding hydrogens is 468 g/mol. The van der Waals surface area contributed by atoms with Gasteiger partial charge in [0.2, 0.25) is 11.8 Å². The van der Waals surface area contributed by atoms with E-state index in [0.29, 0.717) is 13.1 Å². The van der Waals surface area contributed by atoms with Gasteiger partial charge < -0.3 is 21.3 Å². The summed E-state index contributed by atoms with van der Waals surface area (Å²) in [5.41, 5.74) is 8.30. The van der Waals surface area contributed by atoms with Crippen molar-refractivity contribution in [3.05, 3.63) is 94.4 Å². The van der Waals surface area contributed by atoms with Crippen LogP contribution in [0.15, 0.2) is 78.4 Å². The van der Waals surface area contributed by atoms with Gasteiger partial charge in [-0.25, -0.2) is 0 Å². The largest absolute Gasteiger partial charge is 0.405 e. The van der Waals surface area contributed by atoms with Crippen molar-refractivity contribution in [1.82, 2.24) is 15.5 Å². The second-order valence-corrected chi connectivity index (χ2v) is 10.2. The first-order valence-electron chi connectivity index (χ1n) is 12.6. The molecule has 2 aromatic rings. The number of hydrogen-bond donors (Lipinski definition) is 3. The fourth-order valence-corrected chi connectivity index (χ4v) is 5.33. The first-order chi connectivity index (χ1) is 17.5. The van der Waals surface area contributed by atoms with E-state index >= 15 is 0 Å². The third-order valence-electron chi connectivity index (χ3n) is 6.47. The summed E-state index contributed by atoms with van der Waals surface area (Å²) in [4.78, 5) is 30.3. The van der Waals surface area contributed by atoms with Crippen molar-refractivity contribution >= 4 is 23.2 Å². The van der Waals surface area contributed by atoms with E-state index in [4.69, 9.17) is 5.73 Å². The molecule has 0 saturated heterocycles. The van der Waals surface area contributed by atoms with Gasteiger partial charge in [0, 0.05) is 17.5 Å². The summed E-state index contributed by atoms with van der Waals surface area (Å²) in [5, 5.41) is 8.48. The monoisotopic (exact) mass is 506 g/mol. The molecule has 36 heavy (non-hydrogen) atoms. The van der Waals surface area contributed by atoms with Crippen LogP contribution in [-0.2, 0) is 16.1 Å². The molecule has 192 valence electrons. The molecule has 2 amide bonds. The van der Waals surface area contributed by atoms with Gasteiger partial charge in [0.15, 0.2) is 0 Å². The summed E-state index contributed by atoms with van der Waals surface area (Å²) in [6, 6.07) is 11.3. The van der Waals surface area contributed by atoms with Crippen LogP contribution in [-0.4, -0.2) is 35.8 Å². The molecule has 0 bridgehead atoms. The molecule has 1 fully saturated rings. The van der Waals surface area contributed by atoms with Crippen LogP contribution in [0.2, 0.25) is 0 Å². The van der Waals surface area contributed by atoms with Crippen molar-refractivity contribution in [2.75, 3.05) is 13.1 Å². The van der Waals surface area contributed by atoms with E-state index in [1.165, 1.54) is 12.6 Å². The van der Waals surface area contributed by atoms with E-state index in [0.717, 1.165) is 47.3 Å². The highest BCUT2D eigenvalue weighted by atomic mass is 32.1. The second kappa shape index (κ2) is 14.4. The number of benzene rings is 1. The van der Waals surface area contributed by atoms with Crippen LogP contribution in [0.5, 0.6) is 0 Å². The summed E-state index contributed by atoms with van der Waals surface area (Å²) in [7, 11) is 0. The van der Waals surface area contributed by atoms with E-state index in [-0.39, 0.29) is 24.4 Å². The zero-order valence-corrected chi connectivity index (χ0v) is 21.9. The Labute approximate surface area is 219 Å². The van der Waals surface area contributed by atoms with Gasteiger partial charge in [-0.15, -0.1) is 11.3 Å². The van der Waals surface area contributed by atoms with Crippen LogP contribution in [0.1, 0.15) is 54.1 Å². The lowest BCUT2D eigenvalue weighted by Gasteiger charge is -2.34. The van der Waals surface area contributed by atoms with Crippen LogP contribution in [0.4, 0.5) is 0 Å². The minimum Gasteiger partial charge on any atom is -0.405 e. The molecule has 1 aliphatic carbocycles. The van der Waals surface area contributed by atoms with Crippen LogP contribution in [0, 0.1) is 6.92 Å². The fourth-order valence-electron chi connectivity index (χ4n) is 4.63. The highest BCUT2D eigenvalue weighted by Crippen LogP contribution is 2.28. The highest BCUT2D eigenvalue weighted by molar-refractivity contribution is 7.09. The summed E-state index contributed by atoms with van der Waals surface area (Å²) in [5.74, 6) is -0.246. The third kappa shape index (κ3) is 7.93. The molecule has 4 N–H and O–H groups in total. The minimum absolute atomic E-state index is 0.0946. The predicted octanol–water partition coefficient (Wildman–Crippen LogP) is 4.75. The number of carbonyl (C=O) groups is 2. The molecule has 0 aliphatic heterocycles. The average molecular weight is 507 g/mol. The number of nitrogens with zero attached hydrogens (tertiary/aromatic N) is 1. The Morgan fingerprint density at radius 3 is 2.61 bits per heavy atom. The number of thiophene rings is 1. The van der Waals surface area contributed by atoms with E-state index in [9.17, 15) is 9.59 Å². The van der Waals surface area contributed by atoms with Crippen LogP contribution in [0.25, 0.3) is 0 Å². The standard InChI is InChI=1S/C29H38N4O2S/c1-3-10-23(16-17-30)19-31-20-27(34)33(21-25-14-9-18-36-25)28(26-15-8-7-11-22(26)2)29(35)32-24-12-5-4-6-13-24/h3,7-11,14-18,24,28,31H,1,4-6,12-13,19-21,30H2,2H3,(H,32,35)/b17-16-,23-10+. The Morgan fingerprint density at radius 1 is 1.17 bits per heavy atom. The molecule has 3 rings (SSSR count). The molecule has 1 aromatic heterocycles. The number of rotatable bonds is 12.